The smallest absolute Gasteiger partial charge is 0.265 e. The second-order valence-corrected chi connectivity index (χ2v) is 6.08. The topological polar surface area (TPSA) is 250 Å². The third-order valence-corrected chi connectivity index (χ3v) is 1.13. The number of pyridine rings is 2. The molecule has 2 heterocycles. The lowest BCUT2D eigenvalue weighted by Gasteiger charge is -1.70. The normalized spacial score (nSPS) is 10.0. The van der Waals surface area contributed by atoms with Crippen LogP contribution in [-0.4, -0.2) is 62.5 Å². The molecule has 156 valence electrons. The summed E-state index contributed by atoms with van der Waals surface area (Å²) in [6, 6.07) is 11.4. The molecule has 14 nitrogen and oxygen atoms in total. The van der Waals surface area contributed by atoms with Crippen molar-refractivity contribution in [2.75, 3.05) is 0 Å². The third-order valence-electron chi connectivity index (χ3n) is 1.13. The lowest BCUT2D eigenvalue weighted by molar-refractivity contribution is 0.378. The summed E-state index contributed by atoms with van der Waals surface area (Å²) in [7, 11) is -14.0. The molecule has 0 spiro atoms. The molecule has 0 bridgehead atoms. The van der Waals surface area contributed by atoms with E-state index in [1.807, 2.05) is 36.4 Å². The van der Waals surface area contributed by atoms with Crippen LogP contribution in [0.25, 0.3) is 0 Å². The van der Waals surface area contributed by atoms with Gasteiger partial charge in [-0.2, -0.15) is 25.3 Å². The number of rotatable bonds is 0. The van der Waals surface area contributed by atoms with Crippen LogP contribution in [0.5, 0.6) is 0 Å². The Kier molecular flexibility index (Phi) is 17.7. The highest BCUT2D eigenvalue weighted by Crippen LogP contribution is 1.74. The highest BCUT2D eigenvalue weighted by Gasteiger charge is 1.85. The van der Waals surface area contributed by atoms with E-state index in [9.17, 15) is 0 Å². The fourth-order valence-corrected chi connectivity index (χ4v) is 0.625. The number of hydrogen-bond acceptors (Lipinski definition) is 8. The van der Waals surface area contributed by atoms with Gasteiger partial charge in [0, 0.05) is 24.8 Å². The summed E-state index contributed by atoms with van der Waals surface area (Å²) in [4.78, 5) is 7.57. The highest BCUT2D eigenvalue weighted by atomic mass is 32.3. The number of aromatic nitrogens is 2. The molecule has 6 N–H and O–H groups in total. The molecule has 0 atom stereocenters. The molecule has 0 unspecified atom stereocenters. The van der Waals surface area contributed by atoms with E-state index in [0.29, 0.717) is 0 Å². The Balaban J connectivity index is -0.000000268. The van der Waals surface area contributed by atoms with Gasteiger partial charge in [-0.15, -0.1) is 0 Å². The van der Waals surface area contributed by atoms with Gasteiger partial charge in [-0.3, -0.25) is 37.3 Å². The monoisotopic (exact) mass is 452 g/mol. The molecule has 0 amide bonds. The van der Waals surface area contributed by atoms with Crippen molar-refractivity contribution < 1.29 is 52.6 Å². The summed E-state index contributed by atoms with van der Waals surface area (Å²) < 4.78 is 94.8. The summed E-state index contributed by atoms with van der Waals surface area (Å²) >= 11 is 0. The van der Waals surface area contributed by atoms with Crippen LogP contribution in [-0.2, 0) is 31.2 Å². The molecule has 0 saturated heterocycles. The molecular weight excluding hydrogens is 436 g/mol. The van der Waals surface area contributed by atoms with Crippen LogP contribution >= 0.6 is 0 Å². The second-order valence-electron chi connectivity index (χ2n) is 3.39. The molecule has 0 aliphatic rings. The molecule has 2 aromatic heterocycles. The van der Waals surface area contributed by atoms with E-state index < -0.39 is 31.2 Å². The van der Waals surface area contributed by atoms with Crippen molar-refractivity contribution in [1.29, 1.82) is 0 Å². The van der Waals surface area contributed by atoms with Crippen molar-refractivity contribution in [3.05, 3.63) is 61.2 Å². The largest absolute Gasteiger partial charge is 0.394 e. The minimum absolute atomic E-state index is 1.75. The highest BCUT2D eigenvalue weighted by molar-refractivity contribution is 7.80. The maximum absolute atomic E-state index is 8.74. The lowest BCUT2D eigenvalue weighted by atomic mass is 10.5. The molecule has 0 saturated carbocycles. The van der Waals surface area contributed by atoms with Crippen LogP contribution in [0, 0.1) is 0 Å². The molecule has 2 rings (SSSR count). The molecule has 0 radical (unpaired) electrons. The van der Waals surface area contributed by atoms with Crippen molar-refractivity contribution in [2.45, 2.75) is 0 Å². The first-order valence-electron chi connectivity index (χ1n) is 5.79. The van der Waals surface area contributed by atoms with E-state index in [4.69, 9.17) is 52.6 Å². The fraction of sp³-hybridized carbons (Fsp3) is 0. The van der Waals surface area contributed by atoms with Crippen LogP contribution in [0.1, 0.15) is 0 Å². The van der Waals surface area contributed by atoms with Gasteiger partial charge < -0.3 is 0 Å². The van der Waals surface area contributed by atoms with E-state index in [2.05, 4.69) is 9.97 Å². The van der Waals surface area contributed by atoms with Crippen LogP contribution in [0.15, 0.2) is 61.2 Å². The van der Waals surface area contributed by atoms with Crippen molar-refractivity contribution in [3.63, 3.8) is 0 Å². The summed E-state index contributed by atoms with van der Waals surface area (Å²) in [6.07, 6.45) is 7.00. The van der Waals surface area contributed by atoms with Crippen molar-refractivity contribution in [3.8, 4) is 0 Å². The van der Waals surface area contributed by atoms with Crippen molar-refractivity contribution in [2.24, 2.45) is 0 Å². The van der Waals surface area contributed by atoms with Gasteiger partial charge in [0.1, 0.15) is 0 Å². The van der Waals surface area contributed by atoms with E-state index >= 15 is 0 Å². The first-order valence-corrected chi connectivity index (χ1v) is 9.99. The first-order chi connectivity index (χ1) is 12.0. The van der Waals surface area contributed by atoms with Gasteiger partial charge >= 0.3 is 31.2 Å². The Morgan fingerprint density at radius 1 is 0.407 bits per heavy atom. The Morgan fingerprint density at radius 2 is 0.556 bits per heavy atom. The zero-order valence-corrected chi connectivity index (χ0v) is 15.5. The molecule has 0 aliphatic carbocycles. The number of nitrogens with zero attached hydrogens (tertiary/aromatic N) is 2. The standard InChI is InChI=1S/2C5H5N.3H2O4S/c2*1-2-4-6-5-3-1;3*1-5(2,3)4/h2*1-5H;3*(H2,1,2,3,4). The van der Waals surface area contributed by atoms with Gasteiger partial charge in [0.05, 0.1) is 0 Å². The summed E-state index contributed by atoms with van der Waals surface area (Å²) in [5, 5.41) is 0. The molecule has 0 aliphatic heterocycles. The van der Waals surface area contributed by atoms with Gasteiger partial charge in [-0.05, 0) is 24.3 Å². The van der Waals surface area contributed by atoms with E-state index in [-0.39, 0.29) is 0 Å². The molecule has 0 fully saturated rings. The van der Waals surface area contributed by atoms with Gasteiger partial charge in [-0.1, -0.05) is 12.1 Å². The fourth-order valence-electron chi connectivity index (χ4n) is 0.625. The Labute approximate surface area is 155 Å². The Morgan fingerprint density at radius 3 is 0.593 bits per heavy atom. The zero-order chi connectivity index (χ0) is 22.0. The molecule has 2 aromatic rings. The maximum Gasteiger partial charge on any atom is 0.394 e. The van der Waals surface area contributed by atoms with Crippen LogP contribution in [0.2, 0.25) is 0 Å². The van der Waals surface area contributed by atoms with Gasteiger partial charge in [-0.25, -0.2) is 0 Å². The van der Waals surface area contributed by atoms with Crippen LogP contribution < -0.4 is 0 Å². The minimum atomic E-state index is -4.67. The molecule has 17 heteroatoms. The van der Waals surface area contributed by atoms with E-state index in [1.54, 1.807) is 24.8 Å². The zero-order valence-electron chi connectivity index (χ0n) is 13.0. The second kappa shape index (κ2) is 16.1. The minimum Gasteiger partial charge on any atom is -0.265 e. The predicted molar refractivity (Wildman–Crippen MR) is 91.0 cm³/mol. The summed E-state index contributed by atoms with van der Waals surface area (Å²) in [6.45, 7) is 0. The van der Waals surface area contributed by atoms with Gasteiger partial charge in [0.15, 0.2) is 0 Å². The van der Waals surface area contributed by atoms with Gasteiger partial charge in [0.2, 0.25) is 0 Å². The summed E-state index contributed by atoms with van der Waals surface area (Å²) in [5.41, 5.74) is 0. The molecule has 0 aromatic carbocycles. The lowest BCUT2D eigenvalue weighted by Crippen LogP contribution is -1.89. The number of hydrogen-bond donors (Lipinski definition) is 6. The van der Waals surface area contributed by atoms with E-state index in [0.717, 1.165) is 0 Å². The van der Waals surface area contributed by atoms with Crippen molar-refractivity contribution in [1.82, 2.24) is 9.97 Å². The van der Waals surface area contributed by atoms with Gasteiger partial charge in [0.25, 0.3) is 0 Å². The first kappa shape index (κ1) is 29.7. The maximum atomic E-state index is 8.74. The molecule has 27 heavy (non-hydrogen) atoms. The Bertz CT molecular complexity index is 691. The van der Waals surface area contributed by atoms with Crippen LogP contribution in [0.3, 0.4) is 0 Å². The predicted octanol–water partition coefficient (Wildman–Crippen LogP) is 0.205. The van der Waals surface area contributed by atoms with Crippen molar-refractivity contribution >= 4 is 31.2 Å². The average Bonchev–Trinajstić information content (AvgIpc) is 2.46. The quantitative estimate of drug-likeness (QED) is 0.292. The SMILES string of the molecule is O=S(=O)(O)O.O=S(=O)(O)O.O=S(=O)(O)O.c1ccncc1.c1ccncc1. The summed E-state index contributed by atoms with van der Waals surface area (Å²) in [5.74, 6) is 0. The Hall–Kier alpha value is -2.09. The van der Waals surface area contributed by atoms with Crippen LogP contribution in [0.4, 0.5) is 0 Å². The average molecular weight is 452 g/mol. The third kappa shape index (κ3) is 117. The molecular formula is C10H16N2O12S3. The van der Waals surface area contributed by atoms with E-state index in [1.165, 1.54) is 0 Å².